The highest BCUT2D eigenvalue weighted by atomic mass is 14.7. The van der Waals surface area contributed by atoms with Crippen LogP contribution >= 0.6 is 0 Å². The van der Waals surface area contributed by atoms with E-state index in [1.165, 1.54) is 70.6 Å². The van der Waals surface area contributed by atoms with Gasteiger partial charge in [0.15, 0.2) is 0 Å². The van der Waals surface area contributed by atoms with Crippen molar-refractivity contribution in [3.8, 4) is 0 Å². The molecule has 1 nitrogen and oxygen atoms in total. The normalized spacial score (nSPS) is 46.5. The van der Waals surface area contributed by atoms with Gasteiger partial charge in [0.1, 0.15) is 0 Å². The van der Waals surface area contributed by atoms with E-state index in [1.54, 1.807) is 5.57 Å². The Balaban J connectivity index is 1.49. The van der Waals surface area contributed by atoms with E-state index in [9.17, 15) is 0 Å². The first kappa shape index (κ1) is 21.0. The lowest BCUT2D eigenvalue weighted by Crippen LogP contribution is -2.51. The van der Waals surface area contributed by atoms with E-state index in [0.717, 1.165) is 35.5 Å². The summed E-state index contributed by atoms with van der Waals surface area (Å²) >= 11 is 0. The highest BCUT2D eigenvalue weighted by Crippen LogP contribution is 2.67. The van der Waals surface area contributed by atoms with Crippen LogP contribution in [-0.4, -0.2) is 6.04 Å². The third kappa shape index (κ3) is 3.42. The fourth-order valence-electron chi connectivity index (χ4n) is 8.71. The molecule has 28 heavy (non-hydrogen) atoms. The summed E-state index contributed by atoms with van der Waals surface area (Å²) in [4.78, 5) is 0. The summed E-state index contributed by atoms with van der Waals surface area (Å²) in [6, 6.07) is 0.423. The van der Waals surface area contributed by atoms with E-state index in [2.05, 4.69) is 40.7 Å². The van der Waals surface area contributed by atoms with Gasteiger partial charge in [-0.1, -0.05) is 65.5 Å². The first-order valence-electron chi connectivity index (χ1n) is 12.7. The van der Waals surface area contributed by atoms with Crippen molar-refractivity contribution in [1.82, 2.24) is 0 Å². The fraction of sp³-hybridized carbons (Fsp3) is 0.926. The number of hydrogen-bond donors (Lipinski definition) is 1. The Morgan fingerprint density at radius 2 is 1.79 bits per heavy atom. The SMILES string of the molecule is CC(C)CCC[C@@H](C)[C@H]1CC[C@H]2[C@@H]3CC=C4C[C@@H](N)CC[C@]4(C)[C@H]3CC[C@]12C. The Bertz CT molecular complexity index is 591. The van der Waals surface area contributed by atoms with Crippen LogP contribution in [0.15, 0.2) is 11.6 Å². The Morgan fingerprint density at radius 3 is 2.54 bits per heavy atom. The standard InChI is InChI=1S/C27H47N/c1-18(2)7-6-8-19(3)23-11-12-24-22-10-9-20-17-21(28)13-15-26(20,4)25(22)14-16-27(23,24)5/h9,18-19,21-25H,6-8,10-17,28H2,1-5H3/t19-,21+,22+,23-,24+,25+,26+,27-/m1/s1. The molecular formula is C27H47N. The second-order valence-electron chi connectivity index (χ2n) is 12.3. The van der Waals surface area contributed by atoms with Crippen LogP contribution < -0.4 is 5.73 Å². The molecule has 1 heteroatoms. The minimum Gasteiger partial charge on any atom is -0.327 e. The minimum absolute atomic E-state index is 0.423. The molecule has 8 atom stereocenters. The maximum absolute atomic E-state index is 6.34. The predicted molar refractivity (Wildman–Crippen MR) is 121 cm³/mol. The molecule has 160 valence electrons. The quantitative estimate of drug-likeness (QED) is 0.492. The van der Waals surface area contributed by atoms with Gasteiger partial charge in [-0.2, -0.15) is 0 Å². The Kier molecular flexibility index (Phi) is 5.80. The summed E-state index contributed by atoms with van der Waals surface area (Å²) in [5.74, 6) is 5.63. The van der Waals surface area contributed by atoms with Gasteiger partial charge in [-0.05, 0) is 97.7 Å². The highest BCUT2D eigenvalue weighted by molar-refractivity contribution is 5.25. The van der Waals surface area contributed by atoms with E-state index < -0.39 is 0 Å². The zero-order valence-corrected chi connectivity index (χ0v) is 19.5. The molecule has 0 aromatic rings. The van der Waals surface area contributed by atoms with Gasteiger partial charge in [0.2, 0.25) is 0 Å². The molecule has 0 aromatic heterocycles. The third-order valence-corrected chi connectivity index (χ3v) is 10.3. The van der Waals surface area contributed by atoms with Crippen LogP contribution in [-0.2, 0) is 0 Å². The largest absolute Gasteiger partial charge is 0.327 e. The van der Waals surface area contributed by atoms with Crippen molar-refractivity contribution >= 4 is 0 Å². The van der Waals surface area contributed by atoms with Crippen molar-refractivity contribution in [2.24, 2.45) is 52.1 Å². The van der Waals surface area contributed by atoms with Crippen molar-refractivity contribution in [1.29, 1.82) is 0 Å². The van der Waals surface area contributed by atoms with Gasteiger partial charge in [-0.25, -0.2) is 0 Å². The maximum Gasteiger partial charge on any atom is 0.00766 e. The number of fused-ring (bicyclic) bond motifs is 5. The molecule has 0 amide bonds. The molecule has 4 aliphatic rings. The topological polar surface area (TPSA) is 26.0 Å². The van der Waals surface area contributed by atoms with Crippen LogP contribution in [0.25, 0.3) is 0 Å². The lowest BCUT2D eigenvalue weighted by Gasteiger charge is -2.58. The maximum atomic E-state index is 6.34. The van der Waals surface area contributed by atoms with Crippen LogP contribution in [0, 0.1) is 46.3 Å². The number of hydrogen-bond acceptors (Lipinski definition) is 1. The van der Waals surface area contributed by atoms with E-state index in [-0.39, 0.29) is 0 Å². The smallest absolute Gasteiger partial charge is 0.00766 e. The molecule has 0 aliphatic heterocycles. The van der Waals surface area contributed by atoms with Crippen LogP contribution in [0.1, 0.15) is 105 Å². The van der Waals surface area contributed by atoms with E-state index in [0.29, 0.717) is 16.9 Å². The van der Waals surface area contributed by atoms with Crippen molar-refractivity contribution in [2.45, 2.75) is 111 Å². The Labute approximate surface area is 175 Å². The molecule has 0 aromatic carbocycles. The Morgan fingerprint density at radius 1 is 1.00 bits per heavy atom. The summed E-state index contributed by atoms with van der Waals surface area (Å²) in [5, 5.41) is 0. The van der Waals surface area contributed by atoms with E-state index >= 15 is 0 Å². The zero-order chi connectivity index (χ0) is 20.1. The summed E-state index contributed by atoms with van der Waals surface area (Å²) < 4.78 is 0. The Hall–Kier alpha value is -0.300. The first-order valence-corrected chi connectivity index (χ1v) is 12.7. The average molecular weight is 386 g/mol. The molecule has 2 N–H and O–H groups in total. The second-order valence-corrected chi connectivity index (χ2v) is 12.3. The third-order valence-electron chi connectivity index (χ3n) is 10.3. The molecule has 0 spiro atoms. The summed E-state index contributed by atoms with van der Waals surface area (Å²) in [5.41, 5.74) is 9.18. The number of rotatable bonds is 5. The van der Waals surface area contributed by atoms with Gasteiger partial charge >= 0.3 is 0 Å². The molecule has 0 saturated heterocycles. The molecule has 0 unspecified atom stereocenters. The first-order chi connectivity index (χ1) is 13.3. The van der Waals surface area contributed by atoms with Crippen LogP contribution in [0.5, 0.6) is 0 Å². The van der Waals surface area contributed by atoms with Gasteiger partial charge in [0, 0.05) is 6.04 Å². The van der Waals surface area contributed by atoms with Crippen molar-refractivity contribution < 1.29 is 0 Å². The molecule has 4 rings (SSSR count). The molecule has 3 fully saturated rings. The molecule has 4 aliphatic carbocycles. The highest BCUT2D eigenvalue weighted by Gasteiger charge is 2.58. The molecule has 0 heterocycles. The van der Waals surface area contributed by atoms with E-state index in [1.807, 2.05) is 0 Å². The van der Waals surface area contributed by atoms with Gasteiger partial charge in [-0.3, -0.25) is 0 Å². The van der Waals surface area contributed by atoms with Crippen LogP contribution in [0.4, 0.5) is 0 Å². The summed E-state index contributed by atoms with van der Waals surface area (Å²) in [6.07, 6.45) is 18.1. The van der Waals surface area contributed by atoms with Crippen molar-refractivity contribution in [3.05, 3.63) is 11.6 Å². The fourth-order valence-corrected chi connectivity index (χ4v) is 8.71. The second kappa shape index (κ2) is 7.75. The summed E-state index contributed by atoms with van der Waals surface area (Å²) in [7, 11) is 0. The minimum atomic E-state index is 0.423. The van der Waals surface area contributed by atoms with Crippen LogP contribution in [0.3, 0.4) is 0 Å². The monoisotopic (exact) mass is 385 g/mol. The van der Waals surface area contributed by atoms with Gasteiger partial charge in [0.25, 0.3) is 0 Å². The predicted octanol–water partition coefficient (Wildman–Crippen LogP) is 7.36. The molecule has 0 radical (unpaired) electrons. The lowest BCUT2D eigenvalue weighted by molar-refractivity contribution is -0.0508. The zero-order valence-electron chi connectivity index (χ0n) is 19.5. The summed E-state index contributed by atoms with van der Waals surface area (Å²) in [6.45, 7) is 12.7. The van der Waals surface area contributed by atoms with Crippen LogP contribution in [0.2, 0.25) is 0 Å². The van der Waals surface area contributed by atoms with Crippen molar-refractivity contribution in [3.63, 3.8) is 0 Å². The number of allylic oxidation sites excluding steroid dienone is 1. The molecular weight excluding hydrogens is 338 g/mol. The van der Waals surface area contributed by atoms with Gasteiger partial charge in [0.05, 0.1) is 0 Å². The average Bonchev–Trinajstić information content (AvgIpc) is 2.99. The number of nitrogens with two attached hydrogens (primary N) is 1. The lowest BCUT2D eigenvalue weighted by atomic mass is 9.47. The van der Waals surface area contributed by atoms with Gasteiger partial charge in [-0.15, -0.1) is 0 Å². The van der Waals surface area contributed by atoms with Gasteiger partial charge < -0.3 is 5.73 Å². The van der Waals surface area contributed by atoms with Crippen molar-refractivity contribution in [2.75, 3.05) is 0 Å². The molecule has 3 saturated carbocycles. The van der Waals surface area contributed by atoms with E-state index in [4.69, 9.17) is 5.73 Å². The molecule has 0 bridgehead atoms.